The number of hydrogen-bond donors (Lipinski definition) is 1. The number of nitrogens with two attached hydrogens (primary N) is 1. The minimum Gasteiger partial charge on any atom is -0.328 e. The van der Waals surface area contributed by atoms with Gasteiger partial charge in [-0.3, -0.25) is 15.0 Å². The van der Waals surface area contributed by atoms with Crippen molar-refractivity contribution < 1.29 is 4.92 Å². The molecule has 3 atom stereocenters. The standard InChI is InChI=1S/C16H23N3O2/c1-2-16(11-4-3-5-15(8-11)19(20)21)18-13-6-7-14(18)10-12(17)9-13/h3-5,8,12-14,16H,2,6-7,9-10,17H2,1H3. The summed E-state index contributed by atoms with van der Waals surface area (Å²) in [6.45, 7) is 2.16. The Kier molecular flexibility index (Phi) is 3.95. The molecule has 21 heavy (non-hydrogen) atoms. The molecular formula is C16H23N3O2. The van der Waals surface area contributed by atoms with E-state index >= 15 is 0 Å². The minimum absolute atomic E-state index is 0.187. The van der Waals surface area contributed by atoms with E-state index in [-0.39, 0.29) is 16.7 Å². The Morgan fingerprint density at radius 1 is 1.38 bits per heavy atom. The summed E-state index contributed by atoms with van der Waals surface area (Å²) in [5.41, 5.74) is 7.40. The summed E-state index contributed by atoms with van der Waals surface area (Å²) < 4.78 is 0. The fraction of sp³-hybridized carbons (Fsp3) is 0.625. The number of rotatable bonds is 4. The van der Waals surface area contributed by atoms with E-state index in [1.807, 2.05) is 6.07 Å². The molecular weight excluding hydrogens is 266 g/mol. The topological polar surface area (TPSA) is 72.4 Å². The number of benzene rings is 1. The van der Waals surface area contributed by atoms with Crippen LogP contribution in [-0.2, 0) is 0 Å². The molecule has 0 radical (unpaired) electrons. The van der Waals surface area contributed by atoms with Crippen molar-refractivity contribution in [3.05, 3.63) is 39.9 Å². The molecule has 0 aliphatic carbocycles. The maximum absolute atomic E-state index is 11.0. The van der Waals surface area contributed by atoms with E-state index in [9.17, 15) is 10.1 Å². The van der Waals surface area contributed by atoms with E-state index in [2.05, 4.69) is 11.8 Å². The molecule has 1 aromatic carbocycles. The highest BCUT2D eigenvalue weighted by atomic mass is 16.6. The number of hydrogen-bond acceptors (Lipinski definition) is 4. The van der Waals surface area contributed by atoms with Gasteiger partial charge < -0.3 is 5.73 Å². The van der Waals surface area contributed by atoms with E-state index in [1.54, 1.807) is 18.2 Å². The van der Waals surface area contributed by atoms with Crippen LogP contribution in [0, 0.1) is 10.1 Å². The van der Waals surface area contributed by atoms with Crippen LogP contribution in [0.2, 0.25) is 0 Å². The SMILES string of the molecule is CCC(c1cccc([N+](=O)[O-])c1)N1C2CCC1CC(N)C2. The van der Waals surface area contributed by atoms with Crippen LogP contribution in [0.25, 0.3) is 0 Å². The minimum atomic E-state index is -0.309. The molecule has 5 nitrogen and oxygen atoms in total. The Bertz CT molecular complexity index is 520. The lowest BCUT2D eigenvalue weighted by Crippen LogP contribution is -2.48. The van der Waals surface area contributed by atoms with Crippen LogP contribution >= 0.6 is 0 Å². The monoisotopic (exact) mass is 289 g/mol. The van der Waals surface area contributed by atoms with Crippen molar-refractivity contribution in [3.8, 4) is 0 Å². The van der Waals surface area contributed by atoms with E-state index < -0.39 is 0 Å². The predicted octanol–water partition coefficient (Wildman–Crippen LogP) is 3.00. The van der Waals surface area contributed by atoms with Crippen molar-refractivity contribution >= 4 is 5.69 Å². The second kappa shape index (κ2) is 5.73. The summed E-state index contributed by atoms with van der Waals surface area (Å²) in [6, 6.07) is 8.81. The Hall–Kier alpha value is -1.46. The molecule has 5 heteroatoms. The molecule has 0 amide bonds. The van der Waals surface area contributed by atoms with Gasteiger partial charge in [0.05, 0.1) is 4.92 Å². The van der Waals surface area contributed by atoms with Crippen molar-refractivity contribution in [2.45, 2.75) is 63.2 Å². The van der Waals surface area contributed by atoms with Crippen molar-refractivity contribution in [1.29, 1.82) is 0 Å². The van der Waals surface area contributed by atoms with Gasteiger partial charge in [-0.25, -0.2) is 0 Å². The Balaban J connectivity index is 1.89. The van der Waals surface area contributed by atoms with Crippen molar-refractivity contribution in [1.82, 2.24) is 4.90 Å². The van der Waals surface area contributed by atoms with Gasteiger partial charge in [-0.1, -0.05) is 19.1 Å². The third kappa shape index (κ3) is 2.68. The molecule has 2 bridgehead atoms. The number of piperidine rings is 1. The fourth-order valence-electron chi connectivity index (χ4n) is 4.23. The average molecular weight is 289 g/mol. The third-order valence-corrected chi connectivity index (χ3v) is 5.04. The summed E-state index contributed by atoms with van der Waals surface area (Å²) in [5, 5.41) is 11.0. The number of nitro benzene ring substituents is 1. The van der Waals surface area contributed by atoms with Gasteiger partial charge in [-0.2, -0.15) is 0 Å². The molecule has 114 valence electrons. The lowest BCUT2D eigenvalue weighted by atomic mass is 9.92. The molecule has 0 aromatic heterocycles. The molecule has 2 aliphatic rings. The number of nitro groups is 1. The van der Waals surface area contributed by atoms with Crippen molar-refractivity contribution in [3.63, 3.8) is 0 Å². The van der Waals surface area contributed by atoms with Crippen molar-refractivity contribution in [2.24, 2.45) is 5.73 Å². The van der Waals surface area contributed by atoms with Gasteiger partial charge in [0, 0.05) is 36.3 Å². The summed E-state index contributed by atoms with van der Waals surface area (Å²) in [7, 11) is 0. The number of non-ortho nitro benzene ring substituents is 1. The highest BCUT2D eigenvalue weighted by molar-refractivity contribution is 5.36. The van der Waals surface area contributed by atoms with Crippen molar-refractivity contribution in [2.75, 3.05) is 0 Å². The zero-order valence-electron chi connectivity index (χ0n) is 12.4. The van der Waals surface area contributed by atoms with Crippen LogP contribution in [0.1, 0.15) is 50.6 Å². The first-order chi connectivity index (χ1) is 10.1. The molecule has 0 saturated carbocycles. The molecule has 2 fully saturated rings. The first-order valence-corrected chi connectivity index (χ1v) is 7.87. The van der Waals surface area contributed by atoms with Crippen LogP contribution in [-0.4, -0.2) is 27.9 Å². The third-order valence-electron chi connectivity index (χ3n) is 5.04. The van der Waals surface area contributed by atoms with Crippen LogP contribution in [0.4, 0.5) is 5.69 Å². The fourth-order valence-corrected chi connectivity index (χ4v) is 4.23. The lowest BCUT2D eigenvalue weighted by molar-refractivity contribution is -0.385. The second-order valence-corrected chi connectivity index (χ2v) is 6.34. The predicted molar refractivity (Wildman–Crippen MR) is 82.0 cm³/mol. The number of fused-ring (bicyclic) bond motifs is 2. The molecule has 1 aromatic rings. The van der Waals surface area contributed by atoms with Crippen LogP contribution in [0.3, 0.4) is 0 Å². The smallest absolute Gasteiger partial charge is 0.269 e. The second-order valence-electron chi connectivity index (χ2n) is 6.34. The van der Waals surface area contributed by atoms with Gasteiger partial charge in [0.15, 0.2) is 0 Å². The van der Waals surface area contributed by atoms with Gasteiger partial charge in [0.25, 0.3) is 5.69 Å². The highest BCUT2D eigenvalue weighted by Crippen LogP contribution is 2.42. The Labute approximate surface area is 125 Å². The first kappa shape index (κ1) is 14.5. The lowest BCUT2D eigenvalue weighted by Gasteiger charge is -2.42. The quantitative estimate of drug-likeness (QED) is 0.683. The molecule has 2 N–H and O–H groups in total. The van der Waals surface area contributed by atoms with E-state index in [4.69, 9.17) is 5.73 Å². The van der Waals surface area contributed by atoms with E-state index in [0.717, 1.165) is 24.8 Å². The first-order valence-electron chi connectivity index (χ1n) is 7.87. The summed E-state index contributed by atoms with van der Waals surface area (Å²) in [5.74, 6) is 0. The van der Waals surface area contributed by atoms with Gasteiger partial charge >= 0.3 is 0 Å². The van der Waals surface area contributed by atoms with Gasteiger partial charge in [-0.15, -0.1) is 0 Å². The largest absolute Gasteiger partial charge is 0.328 e. The molecule has 3 rings (SSSR count). The highest BCUT2D eigenvalue weighted by Gasteiger charge is 2.42. The van der Waals surface area contributed by atoms with Gasteiger partial charge in [0.1, 0.15) is 0 Å². The Morgan fingerprint density at radius 2 is 2.05 bits per heavy atom. The molecule has 2 saturated heterocycles. The van der Waals surface area contributed by atoms with E-state index in [0.29, 0.717) is 18.1 Å². The zero-order chi connectivity index (χ0) is 15.0. The zero-order valence-corrected chi connectivity index (χ0v) is 12.4. The number of nitrogens with zero attached hydrogens (tertiary/aromatic N) is 2. The van der Waals surface area contributed by atoms with E-state index in [1.165, 1.54) is 12.8 Å². The summed E-state index contributed by atoms with van der Waals surface area (Å²) in [4.78, 5) is 13.3. The molecule has 3 unspecified atom stereocenters. The van der Waals surface area contributed by atoms with Crippen LogP contribution in [0.5, 0.6) is 0 Å². The Morgan fingerprint density at radius 3 is 2.62 bits per heavy atom. The summed E-state index contributed by atoms with van der Waals surface area (Å²) >= 11 is 0. The average Bonchev–Trinajstić information content (AvgIpc) is 2.72. The van der Waals surface area contributed by atoms with Gasteiger partial charge in [-0.05, 0) is 37.7 Å². The van der Waals surface area contributed by atoms with Gasteiger partial charge in [0.2, 0.25) is 0 Å². The molecule has 2 aliphatic heterocycles. The molecule has 2 heterocycles. The maximum atomic E-state index is 11.0. The summed E-state index contributed by atoms with van der Waals surface area (Å²) in [6.07, 6.45) is 5.51. The normalized spacial score (nSPS) is 30.3. The maximum Gasteiger partial charge on any atom is 0.269 e. The van der Waals surface area contributed by atoms with Crippen LogP contribution in [0.15, 0.2) is 24.3 Å². The van der Waals surface area contributed by atoms with Crippen LogP contribution < -0.4 is 5.73 Å². The molecule has 0 spiro atoms.